The standard InChI is InChI=1S/C12H10F3N3OS/c1-7-2-4-8(5-3-7)10(19)18(16)11-17-9(6-20-11)12(13,14)15/h2-6H,16H2,1H3. The Kier molecular flexibility index (Phi) is 3.78. The number of hydrazine groups is 1. The second kappa shape index (κ2) is 5.22. The van der Waals surface area contributed by atoms with Crippen molar-refractivity contribution in [3.63, 3.8) is 0 Å². The Morgan fingerprint density at radius 3 is 2.40 bits per heavy atom. The van der Waals surface area contributed by atoms with E-state index in [1.807, 2.05) is 6.92 Å². The minimum atomic E-state index is -4.55. The number of nitrogens with zero attached hydrogens (tertiary/aromatic N) is 2. The summed E-state index contributed by atoms with van der Waals surface area (Å²) in [5.74, 6) is 4.91. The van der Waals surface area contributed by atoms with Gasteiger partial charge in [-0.2, -0.15) is 13.2 Å². The lowest BCUT2D eigenvalue weighted by atomic mass is 10.1. The normalized spacial score (nSPS) is 11.4. The van der Waals surface area contributed by atoms with Gasteiger partial charge in [0.05, 0.1) is 0 Å². The average molecular weight is 301 g/mol. The first-order chi connectivity index (χ1) is 9.29. The second-order valence-electron chi connectivity index (χ2n) is 4.05. The molecule has 2 N–H and O–H groups in total. The van der Waals surface area contributed by atoms with E-state index in [2.05, 4.69) is 4.98 Å². The van der Waals surface area contributed by atoms with Crippen molar-refractivity contribution in [2.45, 2.75) is 13.1 Å². The molecule has 1 heterocycles. The van der Waals surface area contributed by atoms with Gasteiger partial charge in [0.1, 0.15) is 0 Å². The number of nitrogens with two attached hydrogens (primary N) is 1. The lowest BCUT2D eigenvalue weighted by molar-refractivity contribution is -0.140. The minimum Gasteiger partial charge on any atom is -0.267 e. The van der Waals surface area contributed by atoms with Crippen molar-refractivity contribution >= 4 is 22.4 Å². The molecule has 0 unspecified atom stereocenters. The van der Waals surface area contributed by atoms with E-state index in [4.69, 9.17) is 5.84 Å². The molecule has 1 aromatic carbocycles. The van der Waals surface area contributed by atoms with Crippen LogP contribution in [0.4, 0.5) is 18.3 Å². The van der Waals surface area contributed by atoms with Gasteiger partial charge in [-0.1, -0.05) is 17.7 Å². The molecular formula is C12H10F3N3OS. The van der Waals surface area contributed by atoms with Gasteiger partial charge in [-0.25, -0.2) is 15.8 Å². The van der Waals surface area contributed by atoms with Crippen molar-refractivity contribution in [3.8, 4) is 0 Å². The van der Waals surface area contributed by atoms with Gasteiger partial charge in [-0.3, -0.25) is 4.79 Å². The minimum absolute atomic E-state index is 0.206. The SMILES string of the molecule is Cc1ccc(C(=O)N(N)c2nc(C(F)(F)F)cs2)cc1. The number of anilines is 1. The van der Waals surface area contributed by atoms with E-state index in [1.54, 1.807) is 24.3 Å². The number of carbonyl (C=O) groups excluding carboxylic acids is 1. The molecule has 0 radical (unpaired) electrons. The molecule has 2 rings (SSSR count). The van der Waals surface area contributed by atoms with Crippen LogP contribution < -0.4 is 10.9 Å². The molecule has 0 saturated carbocycles. The predicted molar refractivity (Wildman–Crippen MR) is 69.3 cm³/mol. The van der Waals surface area contributed by atoms with Crippen LogP contribution in [-0.2, 0) is 6.18 Å². The quantitative estimate of drug-likeness (QED) is 0.527. The fourth-order valence-electron chi connectivity index (χ4n) is 1.43. The smallest absolute Gasteiger partial charge is 0.267 e. The molecule has 0 atom stereocenters. The zero-order valence-corrected chi connectivity index (χ0v) is 11.1. The zero-order valence-electron chi connectivity index (χ0n) is 10.3. The Bertz CT molecular complexity index is 622. The Hall–Kier alpha value is -1.93. The monoisotopic (exact) mass is 301 g/mol. The van der Waals surface area contributed by atoms with Gasteiger partial charge in [0.15, 0.2) is 5.69 Å². The summed E-state index contributed by atoms with van der Waals surface area (Å²) in [5.41, 5.74) is 0.172. The second-order valence-corrected chi connectivity index (χ2v) is 4.89. The molecule has 4 nitrogen and oxygen atoms in total. The molecule has 0 spiro atoms. The van der Waals surface area contributed by atoms with E-state index < -0.39 is 17.8 Å². The topological polar surface area (TPSA) is 59.2 Å². The molecule has 1 aromatic heterocycles. The third kappa shape index (κ3) is 2.97. The van der Waals surface area contributed by atoms with Crippen molar-refractivity contribution < 1.29 is 18.0 Å². The van der Waals surface area contributed by atoms with Crippen LogP contribution in [0.5, 0.6) is 0 Å². The Morgan fingerprint density at radius 1 is 1.30 bits per heavy atom. The highest BCUT2D eigenvalue weighted by molar-refractivity contribution is 7.14. The molecule has 106 valence electrons. The van der Waals surface area contributed by atoms with Gasteiger partial charge in [0, 0.05) is 10.9 Å². The van der Waals surface area contributed by atoms with Gasteiger partial charge < -0.3 is 0 Å². The van der Waals surface area contributed by atoms with E-state index in [0.29, 0.717) is 16.3 Å². The number of carbonyl (C=O) groups is 1. The maximum absolute atomic E-state index is 12.4. The largest absolute Gasteiger partial charge is 0.434 e. The molecule has 8 heteroatoms. The molecule has 0 aliphatic heterocycles. The summed E-state index contributed by atoms with van der Waals surface area (Å²) < 4.78 is 37.3. The van der Waals surface area contributed by atoms with Crippen molar-refractivity contribution in [1.82, 2.24) is 4.98 Å². The number of benzene rings is 1. The van der Waals surface area contributed by atoms with Crippen molar-refractivity contribution in [1.29, 1.82) is 0 Å². The number of thiazole rings is 1. The summed E-state index contributed by atoms with van der Waals surface area (Å²) in [4.78, 5) is 15.3. The summed E-state index contributed by atoms with van der Waals surface area (Å²) in [6.07, 6.45) is -4.55. The van der Waals surface area contributed by atoms with E-state index in [0.717, 1.165) is 10.9 Å². The van der Waals surface area contributed by atoms with E-state index in [1.165, 1.54) is 0 Å². The molecule has 0 fully saturated rings. The molecule has 0 aliphatic carbocycles. The Balaban J connectivity index is 2.22. The number of halogens is 3. The van der Waals surface area contributed by atoms with Crippen LogP contribution in [0.15, 0.2) is 29.6 Å². The number of aryl methyl sites for hydroxylation is 1. The fraction of sp³-hybridized carbons (Fsp3) is 0.167. The third-order valence-corrected chi connectivity index (χ3v) is 3.35. The van der Waals surface area contributed by atoms with Gasteiger partial charge in [0.25, 0.3) is 5.91 Å². The average Bonchev–Trinajstić information content (AvgIpc) is 2.87. The Morgan fingerprint density at radius 2 is 1.90 bits per heavy atom. The number of alkyl halides is 3. The summed E-state index contributed by atoms with van der Waals surface area (Å²) in [6.45, 7) is 1.85. The number of rotatable bonds is 2. The van der Waals surface area contributed by atoms with Crippen LogP contribution in [0, 0.1) is 6.92 Å². The fourth-order valence-corrected chi connectivity index (χ4v) is 2.18. The molecule has 0 saturated heterocycles. The number of amides is 1. The number of hydrogen-bond donors (Lipinski definition) is 1. The lowest BCUT2D eigenvalue weighted by Crippen LogP contribution is -2.37. The highest BCUT2D eigenvalue weighted by Crippen LogP contribution is 2.32. The first kappa shape index (κ1) is 14.5. The van der Waals surface area contributed by atoms with E-state index >= 15 is 0 Å². The van der Waals surface area contributed by atoms with Crippen LogP contribution in [0.2, 0.25) is 0 Å². The third-order valence-electron chi connectivity index (χ3n) is 2.51. The van der Waals surface area contributed by atoms with E-state index in [9.17, 15) is 18.0 Å². The summed E-state index contributed by atoms with van der Waals surface area (Å²) in [7, 11) is 0. The van der Waals surface area contributed by atoms with Crippen molar-refractivity contribution in [2.24, 2.45) is 5.84 Å². The summed E-state index contributed by atoms with van der Waals surface area (Å²) in [5, 5.41) is 1.23. The van der Waals surface area contributed by atoms with Gasteiger partial charge in [0.2, 0.25) is 5.13 Å². The van der Waals surface area contributed by atoms with Crippen molar-refractivity contribution in [2.75, 3.05) is 5.01 Å². The van der Waals surface area contributed by atoms with Crippen LogP contribution in [-0.4, -0.2) is 10.9 Å². The first-order valence-corrected chi connectivity index (χ1v) is 6.35. The maximum atomic E-state index is 12.4. The number of hydrogen-bond acceptors (Lipinski definition) is 4. The highest BCUT2D eigenvalue weighted by Gasteiger charge is 2.34. The van der Waals surface area contributed by atoms with Crippen LogP contribution in [0.3, 0.4) is 0 Å². The van der Waals surface area contributed by atoms with Gasteiger partial charge in [-0.05, 0) is 19.1 Å². The van der Waals surface area contributed by atoms with E-state index in [-0.39, 0.29) is 10.7 Å². The van der Waals surface area contributed by atoms with Gasteiger partial charge in [-0.15, -0.1) is 11.3 Å². The Labute approximate surface area is 116 Å². The molecule has 20 heavy (non-hydrogen) atoms. The molecule has 1 amide bonds. The summed E-state index contributed by atoms with van der Waals surface area (Å²) in [6, 6.07) is 6.53. The molecule has 0 bridgehead atoms. The van der Waals surface area contributed by atoms with Gasteiger partial charge >= 0.3 is 6.18 Å². The van der Waals surface area contributed by atoms with Crippen LogP contribution in [0.25, 0.3) is 0 Å². The molecule has 0 aliphatic rings. The molecule has 2 aromatic rings. The summed E-state index contributed by atoms with van der Waals surface area (Å²) >= 11 is 0.660. The van der Waals surface area contributed by atoms with Crippen LogP contribution >= 0.6 is 11.3 Å². The van der Waals surface area contributed by atoms with Crippen molar-refractivity contribution in [3.05, 3.63) is 46.5 Å². The first-order valence-electron chi connectivity index (χ1n) is 5.47. The lowest BCUT2D eigenvalue weighted by Gasteiger charge is -2.13. The zero-order chi connectivity index (χ0) is 14.9. The maximum Gasteiger partial charge on any atom is 0.434 e. The highest BCUT2D eigenvalue weighted by atomic mass is 32.1. The predicted octanol–water partition coefficient (Wildman–Crippen LogP) is 2.99. The van der Waals surface area contributed by atoms with Crippen LogP contribution in [0.1, 0.15) is 21.6 Å². The number of aromatic nitrogens is 1. The molecular weight excluding hydrogens is 291 g/mol.